The number of nitrogens with zero attached hydrogens (tertiary/aromatic N) is 3. The van der Waals surface area contributed by atoms with E-state index in [1.807, 2.05) is 0 Å². The van der Waals surface area contributed by atoms with E-state index in [1.165, 1.54) is 25.1 Å². The summed E-state index contributed by atoms with van der Waals surface area (Å²) in [4.78, 5) is 23.5. The number of nitrogen functional groups attached to an aromatic ring is 3. The number of anilines is 3. The second-order valence-electron chi connectivity index (χ2n) is 5.68. The van der Waals surface area contributed by atoms with Crippen LogP contribution in [-0.4, -0.2) is 33.8 Å². The predicted octanol–water partition coefficient (Wildman–Crippen LogP) is 2.92. The molecule has 0 aliphatic rings. The number of halogens is 4. The minimum Gasteiger partial charge on any atom is -0.778 e. The van der Waals surface area contributed by atoms with E-state index in [0.717, 1.165) is 9.37 Å². The molecule has 0 saturated heterocycles. The molecule has 0 fully saturated rings. The van der Waals surface area contributed by atoms with E-state index >= 15 is 0 Å². The monoisotopic (exact) mass is 650 g/mol. The fourth-order valence-corrected chi connectivity index (χ4v) is 3.64. The molecule has 6 N–H and O–H groups in total. The van der Waals surface area contributed by atoms with Gasteiger partial charge in [-0.25, -0.2) is 15.0 Å². The van der Waals surface area contributed by atoms with Gasteiger partial charge in [-0.3, -0.25) is 4.79 Å². The van der Waals surface area contributed by atoms with Gasteiger partial charge in [-0.05, 0) is 28.1 Å². The summed E-state index contributed by atoms with van der Waals surface area (Å²) in [5.74, 6) is 1.33. The first-order valence-electron chi connectivity index (χ1n) is 8.80. The molecule has 3 aromatic rings. The van der Waals surface area contributed by atoms with Crippen LogP contribution in [0.5, 0.6) is 0 Å². The Labute approximate surface area is 260 Å². The van der Waals surface area contributed by atoms with E-state index in [4.69, 9.17) is 64.6 Å². The van der Waals surface area contributed by atoms with E-state index in [9.17, 15) is 4.79 Å². The van der Waals surface area contributed by atoms with Crippen molar-refractivity contribution in [1.29, 1.82) is 0 Å². The van der Waals surface area contributed by atoms with Crippen molar-refractivity contribution in [3.8, 4) is 0 Å². The van der Waals surface area contributed by atoms with Crippen LogP contribution >= 0.6 is 62.5 Å². The smallest absolute Gasteiger partial charge is 0.778 e. The van der Waals surface area contributed by atoms with Crippen LogP contribution in [0.4, 0.5) is 17.5 Å². The molecule has 186 valence electrons. The summed E-state index contributed by atoms with van der Waals surface area (Å²) in [6.45, 7) is 0. The number of esters is 1. The number of rotatable bonds is 4. The number of hydrogen-bond donors (Lipinski definition) is 3. The van der Waals surface area contributed by atoms with Gasteiger partial charge in [-0.15, -0.1) is 11.8 Å². The van der Waals surface area contributed by atoms with Crippen LogP contribution in [0.2, 0.25) is 15.1 Å². The van der Waals surface area contributed by atoms with Gasteiger partial charge < -0.3 is 34.6 Å². The molecule has 0 bridgehead atoms. The maximum atomic E-state index is 10.8. The molecule has 0 radical (unpaired) electrons. The fraction of sp³-hybridized carbons (Fsp3) is 0.200. The fourth-order valence-electron chi connectivity index (χ4n) is 1.78. The van der Waals surface area contributed by atoms with Gasteiger partial charge in [0, 0.05) is 33.7 Å². The third kappa shape index (κ3) is 13.4. The Bertz CT molecular complexity index is 999. The Morgan fingerprint density at radius 3 is 1.91 bits per heavy atom. The van der Waals surface area contributed by atoms with Crippen LogP contribution in [0, 0.1) is 0 Å². The van der Waals surface area contributed by atoms with E-state index in [0.29, 0.717) is 49.6 Å². The zero-order chi connectivity index (χ0) is 25.0. The first kappa shape index (κ1) is 36.4. The summed E-state index contributed by atoms with van der Waals surface area (Å²) >= 11 is 26.6. The Hall–Kier alpha value is -0.760. The standard InChI is InChI=1S/C9H11ClN2O2S.C5H4BrClN2.C5H5ClN2S.CH4.Na/c1-14-7(13)3-5-15-6-2-4-12-9(11)8(6)10;6-3-1-2-9-5(8)4(3)7;6-4-3(9)1-2-8-5(4)7;;/h2,4H,3,5H2,1H3,(H2,11,12);1-2H,(H2,8,9);1-2H,(H3,7,8,9);1H4;/q;;;;+1/p-1. The Kier molecular flexibility index (Phi) is 20.1. The molecule has 0 atom stereocenters. The number of carbonyl (C=O) groups excluding carboxylic acids is 1. The number of carbonyl (C=O) groups is 1. The molecule has 35 heavy (non-hydrogen) atoms. The number of pyridine rings is 3. The van der Waals surface area contributed by atoms with Crippen molar-refractivity contribution in [2.24, 2.45) is 0 Å². The average molecular weight is 653 g/mol. The molecule has 0 unspecified atom stereocenters. The van der Waals surface area contributed by atoms with Gasteiger partial charge in [0.2, 0.25) is 0 Å². The molecular weight excluding hydrogens is 630 g/mol. The van der Waals surface area contributed by atoms with Crippen LogP contribution in [0.15, 0.2) is 51.1 Å². The maximum absolute atomic E-state index is 10.8. The van der Waals surface area contributed by atoms with E-state index in [-0.39, 0.29) is 43.0 Å². The molecule has 3 heterocycles. The van der Waals surface area contributed by atoms with Crippen molar-refractivity contribution in [2.75, 3.05) is 30.1 Å². The zero-order valence-electron chi connectivity index (χ0n) is 18.1. The Morgan fingerprint density at radius 1 is 0.971 bits per heavy atom. The van der Waals surface area contributed by atoms with Gasteiger partial charge in [-0.2, -0.15) is 4.90 Å². The van der Waals surface area contributed by atoms with Gasteiger partial charge in [0.15, 0.2) is 0 Å². The first-order chi connectivity index (χ1) is 15.6. The molecule has 0 saturated carbocycles. The van der Waals surface area contributed by atoms with Gasteiger partial charge in [0.25, 0.3) is 0 Å². The molecule has 0 spiro atoms. The summed E-state index contributed by atoms with van der Waals surface area (Å²) in [7, 11) is 1.37. The first-order valence-corrected chi connectivity index (χ1v) is 12.1. The number of thioether (sulfide) groups is 1. The third-order valence-electron chi connectivity index (χ3n) is 3.42. The van der Waals surface area contributed by atoms with Crippen molar-refractivity contribution in [3.05, 3.63) is 56.3 Å². The molecular formula is C20H23BrCl3N6NaO2S2. The molecule has 3 rings (SSSR count). The minimum absolute atomic E-state index is 0. The van der Waals surface area contributed by atoms with Gasteiger partial charge in [0.05, 0.1) is 28.6 Å². The SMILES string of the molecule is C.COC(=O)CCSc1ccnc(N)c1Cl.Nc1nccc(Br)c1Cl.Nc1nccc([S-])c1Cl.[Na+]. The van der Waals surface area contributed by atoms with E-state index < -0.39 is 0 Å². The average Bonchev–Trinajstić information content (AvgIpc) is 2.79. The van der Waals surface area contributed by atoms with Crippen LogP contribution in [-0.2, 0) is 22.2 Å². The van der Waals surface area contributed by atoms with E-state index in [2.05, 4.69) is 35.6 Å². The van der Waals surface area contributed by atoms with Gasteiger partial charge >= 0.3 is 35.5 Å². The molecule has 8 nitrogen and oxygen atoms in total. The second-order valence-corrected chi connectivity index (χ2v) is 9.25. The molecule has 0 aromatic carbocycles. The quantitative estimate of drug-likeness (QED) is 0.167. The summed E-state index contributed by atoms with van der Waals surface area (Å²) in [5, 5.41) is 1.28. The number of nitrogens with two attached hydrogens (primary N) is 3. The van der Waals surface area contributed by atoms with Crippen molar-refractivity contribution in [1.82, 2.24) is 15.0 Å². The second kappa shape index (κ2) is 19.4. The number of ether oxygens (including phenoxy) is 1. The van der Waals surface area contributed by atoms with Crippen molar-refractivity contribution in [2.45, 2.75) is 23.6 Å². The van der Waals surface area contributed by atoms with Gasteiger partial charge in [-0.1, -0.05) is 48.3 Å². The Balaban J connectivity index is 0. The summed E-state index contributed by atoms with van der Waals surface area (Å²) in [6.07, 6.45) is 5.05. The van der Waals surface area contributed by atoms with Crippen molar-refractivity contribution < 1.29 is 39.1 Å². The van der Waals surface area contributed by atoms with Crippen LogP contribution in [0.1, 0.15) is 13.8 Å². The largest absolute Gasteiger partial charge is 1.00 e. The van der Waals surface area contributed by atoms with Crippen molar-refractivity contribution in [3.63, 3.8) is 0 Å². The molecule has 0 aliphatic carbocycles. The summed E-state index contributed by atoms with van der Waals surface area (Å²) in [5.41, 5.74) is 16.2. The van der Waals surface area contributed by atoms with Crippen LogP contribution < -0.4 is 46.8 Å². The molecule has 15 heteroatoms. The molecule has 3 aromatic heterocycles. The zero-order valence-corrected chi connectivity index (χ0v) is 25.6. The summed E-state index contributed by atoms with van der Waals surface area (Å²) in [6, 6.07) is 5.13. The Morgan fingerprint density at radius 2 is 1.46 bits per heavy atom. The van der Waals surface area contributed by atoms with E-state index in [1.54, 1.807) is 30.6 Å². The summed E-state index contributed by atoms with van der Waals surface area (Å²) < 4.78 is 5.29. The van der Waals surface area contributed by atoms with Gasteiger partial charge in [0.1, 0.15) is 17.5 Å². The van der Waals surface area contributed by atoms with Crippen molar-refractivity contribution >= 4 is 98.5 Å². The topological polar surface area (TPSA) is 143 Å². The maximum Gasteiger partial charge on any atom is 1.00 e. The number of aromatic nitrogens is 3. The normalized spacial score (nSPS) is 9.17. The van der Waals surface area contributed by atoms with Crippen LogP contribution in [0.3, 0.4) is 0 Å². The van der Waals surface area contributed by atoms with Crippen LogP contribution in [0.25, 0.3) is 0 Å². The molecule has 0 amide bonds. The third-order valence-corrected chi connectivity index (χ3v) is 7.13. The number of hydrogen-bond acceptors (Lipinski definition) is 10. The number of methoxy groups -OCH3 is 1. The molecule has 0 aliphatic heterocycles. The predicted molar refractivity (Wildman–Crippen MR) is 148 cm³/mol. The minimum atomic E-state index is -0.236.